The topological polar surface area (TPSA) is 159 Å². The molecule has 2 bridgehead atoms. The minimum atomic E-state index is -0.857. The van der Waals surface area contributed by atoms with Crippen molar-refractivity contribution in [1.29, 1.82) is 0 Å². The Hall–Kier alpha value is -3.02. The summed E-state index contributed by atoms with van der Waals surface area (Å²) in [5, 5.41) is 17.3. The van der Waals surface area contributed by atoms with E-state index in [1.807, 2.05) is 32.6 Å². The number of hydrogen-bond donors (Lipinski definition) is 4. The summed E-state index contributed by atoms with van der Waals surface area (Å²) in [4.78, 5) is 50.9. The van der Waals surface area contributed by atoms with Crippen molar-refractivity contribution in [3.63, 3.8) is 0 Å². The van der Waals surface area contributed by atoms with Gasteiger partial charge >= 0.3 is 12.0 Å². The fraction of sp³-hybridized carbons (Fsp3) is 0.667. The van der Waals surface area contributed by atoms with Gasteiger partial charge in [0.1, 0.15) is 6.04 Å². The fourth-order valence-corrected chi connectivity index (χ4v) is 3.17. The van der Waals surface area contributed by atoms with Gasteiger partial charge in [-0.3, -0.25) is 29.9 Å². The number of amides is 5. The quantitative estimate of drug-likeness (QED) is 0.533. The molecule has 0 aromatic carbocycles. The van der Waals surface area contributed by atoms with E-state index < -0.39 is 30.4 Å². The maximum Gasteiger partial charge on any atom is 0.329 e. The first-order valence-electron chi connectivity index (χ1n) is 9.98. The normalized spacial score (nSPS) is 22.3. The number of rotatable bonds is 4. The van der Waals surface area contributed by atoms with Gasteiger partial charge in [0.2, 0.25) is 23.6 Å². The average Bonchev–Trinajstić information content (AvgIpc) is 3.12. The fourth-order valence-electron chi connectivity index (χ4n) is 3.17. The molecule has 1 unspecified atom stereocenters. The van der Waals surface area contributed by atoms with E-state index in [0.717, 1.165) is 0 Å². The molecule has 2 heterocycles. The number of nitrogens with zero attached hydrogens (tertiary/aromatic N) is 3. The molecule has 5 amide bonds. The predicted molar refractivity (Wildman–Crippen MR) is 106 cm³/mol. The molecule has 0 radical (unpaired) electrons. The molecule has 166 valence electrons. The minimum Gasteiger partial charge on any atom is -0.406 e. The van der Waals surface area contributed by atoms with Crippen LogP contribution in [0.5, 0.6) is 0 Å². The van der Waals surface area contributed by atoms with Crippen molar-refractivity contribution in [2.45, 2.75) is 52.6 Å². The average molecular weight is 423 g/mol. The van der Waals surface area contributed by atoms with Crippen LogP contribution in [0.4, 0.5) is 10.8 Å². The Bertz CT molecular complexity index is 779. The summed E-state index contributed by atoms with van der Waals surface area (Å²) in [6.07, 6.45) is 0.972. The van der Waals surface area contributed by atoms with Crippen LogP contribution in [0.3, 0.4) is 0 Å². The molecular weight excluding hydrogens is 394 g/mol. The zero-order valence-electron chi connectivity index (χ0n) is 17.7. The van der Waals surface area contributed by atoms with Gasteiger partial charge in [-0.1, -0.05) is 32.8 Å². The van der Waals surface area contributed by atoms with Crippen molar-refractivity contribution in [2.75, 3.05) is 25.0 Å². The van der Waals surface area contributed by atoms with Crippen LogP contribution in [-0.4, -0.2) is 64.5 Å². The molecule has 4 N–H and O–H groups in total. The molecule has 1 aromatic rings. The summed E-state index contributed by atoms with van der Waals surface area (Å²) in [6.45, 7) is 7.75. The van der Waals surface area contributed by atoms with Crippen LogP contribution in [-0.2, 0) is 14.4 Å². The standard InChI is InChI=1S/C18H29N7O5/c1-5-12-16-23-24-18(30-16)22-17(29)21-13(26)8-19-15(28)11(7-10(3)4)20-14(27)9-25(12)6-2/h10-12H,5-9H2,1-4H3,(H,19,28)(H,20,27)(H2,21,22,24,26,29)/t11-,12?/m0/s1. The molecule has 1 aliphatic rings. The Balaban J connectivity index is 2.31. The predicted octanol–water partition coefficient (Wildman–Crippen LogP) is 0.151. The van der Waals surface area contributed by atoms with Gasteiger partial charge < -0.3 is 15.1 Å². The smallest absolute Gasteiger partial charge is 0.329 e. The van der Waals surface area contributed by atoms with Gasteiger partial charge in [0.25, 0.3) is 0 Å². The molecule has 0 spiro atoms. The van der Waals surface area contributed by atoms with E-state index in [4.69, 9.17) is 4.42 Å². The van der Waals surface area contributed by atoms with Gasteiger partial charge in [0, 0.05) is 0 Å². The van der Waals surface area contributed by atoms with Gasteiger partial charge in [-0.2, -0.15) is 0 Å². The second-order valence-electron chi connectivity index (χ2n) is 7.40. The molecule has 0 saturated carbocycles. The van der Waals surface area contributed by atoms with E-state index in [2.05, 4.69) is 31.5 Å². The highest BCUT2D eigenvalue weighted by atomic mass is 16.4. The Morgan fingerprint density at radius 1 is 1.10 bits per heavy atom. The molecule has 12 heteroatoms. The molecule has 0 aliphatic carbocycles. The van der Waals surface area contributed by atoms with Crippen LogP contribution in [0.2, 0.25) is 0 Å². The highest BCUT2D eigenvalue weighted by Gasteiger charge is 2.28. The number of carbonyl (C=O) groups excluding carboxylic acids is 4. The van der Waals surface area contributed by atoms with Gasteiger partial charge in [-0.15, -0.1) is 5.10 Å². The Labute approximate surface area is 174 Å². The van der Waals surface area contributed by atoms with Gasteiger partial charge in [-0.25, -0.2) is 4.79 Å². The van der Waals surface area contributed by atoms with Crippen LogP contribution in [0.15, 0.2) is 4.42 Å². The van der Waals surface area contributed by atoms with E-state index >= 15 is 0 Å². The number of imide groups is 1. The number of nitrogens with one attached hydrogen (secondary N) is 4. The van der Waals surface area contributed by atoms with Crippen LogP contribution in [0.25, 0.3) is 0 Å². The lowest BCUT2D eigenvalue weighted by Crippen LogP contribution is -2.52. The maximum atomic E-state index is 12.7. The molecule has 1 aliphatic heterocycles. The molecule has 12 nitrogen and oxygen atoms in total. The van der Waals surface area contributed by atoms with Crippen LogP contribution < -0.4 is 21.3 Å². The summed E-state index contributed by atoms with van der Waals surface area (Å²) in [5.74, 6) is -1.19. The molecule has 1 aromatic heterocycles. The second-order valence-corrected chi connectivity index (χ2v) is 7.40. The summed E-state index contributed by atoms with van der Waals surface area (Å²) in [5.41, 5.74) is 0. The van der Waals surface area contributed by atoms with Crippen molar-refractivity contribution in [1.82, 2.24) is 31.0 Å². The van der Waals surface area contributed by atoms with E-state index in [9.17, 15) is 19.2 Å². The number of carbonyl (C=O) groups is 4. The van der Waals surface area contributed by atoms with Crippen molar-refractivity contribution in [2.24, 2.45) is 5.92 Å². The first kappa shape index (κ1) is 23.3. The van der Waals surface area contributed by atoms with Crippen LogP contribution in [0.1, 0.15) is 52.5 Å². The minimum absolute atomic E-state index is 0.0153. The molecular formula is C18H29N7O5. The lowest BCUT2D eigenvalue weighted by atomic mass is 10.0. The van der Waals surface area contributed by atoms with E-state index in [-0.39, 0.29) is 36.3 Å². The molecule has 30 heavy (non-hydrogen) atoms. The molecule has 0 saturated heterocycles. The third-order valence-electron chi connectivity index (χ3n) is 4.56. The van der Waals surface area contributed by atoms with Gasteiger partial charge in [0.15, 0.2) is 0 Å². The highest BCUT2D eigenvalue weighted by molar-refractivity contribution is 6.02. The third kappa shape index (κ3) is 6.51. The second kappa shape index (κ2) is 10.7. The zero-order chi connectivity index (χ0) is 22.3. The first-order valence-corrected chi connectivity index (χ1v) is 9.98. The van der Waals surface area contributed by atoms with E-state index in [1.54, 1.807) is 0 Å². The summed E-state index contributed by atoms with van der Waals surface area (Å²) in [7, 11) is 0. The number of fused-ring (bicyclic) bond motifs is 2. The number of urea groups is 1. The largest absolute Gasteiger partial charge is 0.406 e. The van der Waals surface area contributed by atoms with E-state index in [0.29, 0.717) is 19.4 Å². The highest BCUT2D eigenvalue weighted by Crippen LogP contribution is 2.24. The number of likely N-dealkylation sites (N-methyl/N-ethyl adjacent to an activating group) is 1. The van der Waals surface area contributed by atoms with Gasteiger partial charge in [0.05, 0.1) is 19.1 Å². The number of hydrogen-bond acceptors (Lipinski definition) is 8. The molecule has 2 rings (SSSR count). The van der Waals surface area contributed by atoms with Crippen molar-refractivity contribution in [3.8, 4) is 0 Å². The first-order chi connectivity index (χ1) is 14.2. The van der Waals surface area contributed by atoms with Crippen LogP contribution >= 0.6 is 0 Å². The van der Waals surface area contributed by atoms with Crippen LogP contribution in [0, 0.1) is 5.92 Å². The maximum absolute atomic E-state index is 12.7. The van der Waals surface area contributed by atoms with Gasteiger partial charge in [-0.05, 0) is 25.3 Å². The number of aromatic nitrogens is 2. The summed E-state index contributed by atoms with van der Waals surface area (Å²) in [6, 6.07) is -2.20. The third-order valence-corrected chi connectivity index (χ3v) is 4.56. The lowest BCUT2D eigenvalue weighted by molar-refractivity contribution is -0.131. The zero-order valence-corrected chi connectivity index (χ0v) is 17.7. The Morgan fingerprint density at radius 3 is 2.47 bits per heavy atom. The summed E-state index contributed by atoms with van der Waals surface area (Å²) < 4.78 is 5.50. The molecule has 2 atom stereocenters. The Morgan fingerprint density at radius 2 is 1.83 bits per heavy atom. The SMILES string of the molecule is CCC1c2nnc(o2)NC(=O)NC(=O)CNC(=O)[C@H](CC(C)C)NC(=O)CN1CC. The molecule has 0 fully saturated rings. The Kier molecular flexibility index (Phi) is 8.27. The number of anilines is 1. The summed E-state index contributed by atoms with van der Waals surface area (Å²) >= 11 is 0. The lowest BCUT2D eigenvalue weighted by Gasteiger charge is -2.28. The van der Waals surface area contributed by atoms with E-state index in [1.165, 1.54) is 0 Å². The van der Waals surface area contributed by atoms with Crippen molar-refractivity contribution in [3.05, 3.63) is 5.89 Å². The van der Waals surface area contributed by atoms with Crippen molar-refractivity contribution >= 4 is 29.8 Å². The van der Waals surface area contributed by atoms with Crippen molar-refractivity contribution < 1.29 is 23.6 Å². The monoisotopic (exact) mass is 423 g/mol.